The molecule has 1 saturated heterocycles. The summed E-state index contributed by atoms with van der Waals surface area (Å²) in [6.45, 7) is 8.55. The van der Waals surface area contributed by atoms with Crippen molar-refractivity contribution in [1.82, 2.24) is 4.98 Å². The molecule has 0 amide bonds. The van der Waals surface area contributed by atoms with E-state index in [1.54, 1.807) is 0 Å². The van der Waals surface area contributed by atoms with Gasteiger partial charge in [0.05, 0.1) is 0 Å². The first kappa shape index (κ1) is 12.1. The molecule has 3 nitrogen and oxygen atoms in total. The lowest BCUT2D eigenvalue weighted by molar-refractivity contribution is 0.111. The van der Waals surface area contributed by atoms with Gasteiger partial charge in [-0.2, -0.15) is 0 Å². The Kier molecular flexibility index (Phi) is 3.18. The second-order valence-electron chi connectivity index (χ2n) is 5.70. The number of aromatic nitrogens is 1. The summed E-state index contributed by atoms with van der Waals surface area (Å²) in [6.07, 6.45) is 3.32. The van der Waals surface area contributed by atoms with Crippen LogP contribution in [-0.4, -0.2) is 24.4 Å². The monoisotopic (exact) mass is 232 g/mol. The molecule has 1 aliphatic heterocycles. The highest BCUT2D eigenvalue weighted by atomic mass is 16.1. The van der Waals surface area contributed by atoms with Gasteiger partial charge in [-0.15, -0.1) is 0 Å². The van der Waals surface area contributed by atoms with Gasteiger partial charge in [0.2, 0.25) is 0 Å². The summed E-state index contributed by atoms with van der Waals surface area (Å²) in [4.78, 5) is 17.7. The lowest BCUT2D eigenvalue weighted by Crippen LogP contribution is -2.21. The average molecular weight is 232 g/mol. The third-order valence-corrected chi connectivity index (χ3v) is 3.19. The van der Waals surface area contributed by atoms with E-state index < -0.39 is 0 Å². The van der Waals surface area contributed by atoms with Gasteiger partial charge in [-0.1, -0.05) is 20.8 Å². The Hall–Kier alpha value is -1.38. The van der Waals surface area contributed by atoms with E-state index in [2.05, 4.69) is 36.7 Å². The summed E-state index contributed by atoms with van der Waals surface area (Å²) >= 11 is 0. The van der Waals surface area contributed by atoms with Crippen molar-refractivity contribution in [2.45, 2.75) is 39.0 Å². The third-order valence-electron chi connectivity index (χ3n) is 3.19. The summed E-state index contributed by atoms with van der Waals surface area (Å²) in [5, 5.41) is 0. The normalized spacial score (nSPS) is 16.3. The molecule has 0 aromatic carbocycles. The van der Waals surface area contributed by atoms with Gasteiger partial charge in [0.15, 0.2) is 6.29 Å². The van der Waals surface area contributed by atoms with E-state index in [-0.39, 0.29) is 5.41 Å². The van der Waals surface area contributed by atoms with E-state index in [9.17, 15) is 4.79 Å². The zero-order valence-electron chi connectivity index (χ0n) is 10.9. The van der Waals surface area contributed by atoms with E-state index in [4.69, 9.17) is 0 Å². The number of rotatable bonds is 2. The Morgan fingerprint density at radius 2 is 1.88 bits per heavy atom. The van der Waals surface area contributed by atoms with Gasteiger partial charge in [0.25, 0.3) is 0 Å². The second-order valence-corrected chi connectivity index (χ2v) is 5.70. The first-order valence-electron chi connectivity index (χ1n) is 6.23. The first-order chi connectivity index (χ1) is 8.00. The molecule has 1 aliphatic rings. The van der Waals surface area contributed by atoms with Crippen molar-refractivity contribution in [3.05, 3.63) is 23.5 Å². The quantitative estimate of drug-likeness (QED) is 0.735. The molecule has 0 N–H and O–H groups in total. The molecule has 0 atom stereocenters. The fraction of sp³-hybridized carbons (Fsp3) is 0.571. The van der Waals surface area contributed by atoms with Crippen LogP contribution in [0.4, 0.5) is 5.69 Å². The molecular weight excluding hydrogens is 212 g/mol. The van der Waals surface area contributed by atoms with Crippen LogP contribution in [0.5, 0.6) is 0 Å². The predicted molar refractivity (Wildman–Crippen MR) is 69.8 cm³/mol. The van der Waals surface area contributed by atoms with Crippen LogP contribution in [0.2, 0.25) is 0 Å². The maximum absolute atomic E-state index is 11.0. The molecule has 0 bridgehead atoms. The topological polar surface area (TPSA) is 33.2 Å². The van der Waals surface area contributed by atoms with Gasteiger partial charge in [0.1, 0.15) is 5.69 Å². The third kappa shape index (κ3) is 2.65. The highest BCUT2D eigenvalue weighted by Gasteiger charge is 2.20. The second kappa shape index (κ2) is 4.47. The molecule has 2 heterocycles. The summed E-state index contributed by atoms with van der Waals surface area (Å²) in [5.41, 5.74) is 2.65. The largest absolute Gasteiger partial charge is 0.371 e. The van der Waals surface area contributed by atoms with Crippen LogP contribution in [0.1, 0.15) is 49.8 Å². The molecule has 1 fully saturated rings. The highest BCUT2D eigenvalue weighted by molar-refractivity contribution is 5.74. The molecule has 0 saturated carbocycles. The molecular formula is C14H20N2O. The molecule has 0 spiro atoms. The zero-order chi connectivity index (χ0) is 12.5. The minimum Gasteiger partial charge on any atom is -0.371 e. The van der Waals surface area contributed by atoms with Crippen molar-refractivity contribution in [3.63, 3.8) is 0 Å². The number of carbonyl (C=O) groups excluding carboxylic acids is 1. The van der Waals surface area contributed by atoms with Crippen molar-refractivity contribution >= 4 is 12.0 Å². The van der Waals surface area contributed by atoms with Gasteiger partial charge >= 0.3 is 0 Å². The van der Waals surface area contributed by atoms with Crippen LogP contribution in [-0.2, 0) is 5.41 Å². The molecule has 1 aromatic heterocycles. The van der Waals surface area contributed by atoms with E-state index >= 15 is 0 Å². The summed E-state index contributed by atoms with van der Waals surface area (Å²) < 4.78 is 0. The molecule has 0 aliphatic carbocycles. The number of aldehydes is 1. The smallest absolute Gasteiger partial charge is 0.168 e. The Labute approximate surface area is 103 Å². The molecule has 92 valence electrons. The Balaban J connectivity index is 2.41. The number of pyridine rings is 1. The van der Waals surface area contributed by atoms with Gasteiger partial charge in [-0.3, -0.25) is 4.79 Å². The number of anilines is 1. The van der Waals surface area contributed by atoms with Crippen LogP contribution in [0.15, 0.2) is 12.1 Å². The summed E-state index contributed by atoms with van der Waals surface area (Å²) in [5.74, 6) is 0. The van der Waals surface area contributed by atoms with Gasteiger partial charge in [0, 0.05) is 29.9 Å². The van der Waals surface area contributed by atoms with E-state index in [0.717, 1.165) is 30.8 Å². The van der Waals surface area contributed by atoms with Crippen LogP contribution < -0.4 is 4.90 Å². The van der Waals surface area contributed by atoms with Crippen LogP contribution in [0.25, 0.3) is 0 Å². The number of carbonyl (C=O) groups is 1. The van der Waals surface area contributed by atoms with Crippen molar-refractivity contribution in [3.8, 4) is 0 Å². The van der Waals surface area contributed by atoms with Crippen molar-refractivity contribution < 1.29 is 4.79 Å². The Morgan fingerprint density at radius 1 is 1.24 bits per heavy atom. The maximum atomic E-state index is 11.0. The lowest BCUT2D eigenvalue weighted by Gasteiger charge is -2.23. The molecule has 17 heavy (non-hydrogen) atoms. The fourth-order valence-electron chi connectivity index (χ4n) is 2.14. The van der Waals surface area contributed by atoms with Crippen molar-refractivity contribution in [1.29, 1.82) is 0 Å². The minimum absolute atomic E-state index is 0.0203. The lowest BCUT2D eigenvalue weighted by atomic mass is 9.91. The number of nitrogens with zero attached hydrogens (tertiary/aromatic N) is 2. The molecule has 0 unspecified atom stereocenters. The van der Waals surface area contributed by atoms with Crippen LogP contribution in [0.3, 0.4) is 0 Å². The fourth-order valence-corrected chi connectivity index (χ4v) is 2.14. The van der Waals surface area contributed by atoms with Gasteiger partial charge in [-0.05, 0) is 25.0 Å². The van der Waals surface area contributed by atoms with E-state index in [0.29, 0.717) is 5.69 Å². The average Bonchev–Trinajstić information content (AvgIpc) is 2.80. The van der Waals surface area contributed by atoms with Crippen LogP contribution in [0, 0.1) is 0 Å². The highest BCUT2D eigenvalue weighted by Crippen LogP contribution is 2.27. The van der Waals surface area contributed by atoms with Gasteiger partial charge < -0.3 is 4.90 Å². The van der Waals surface area contributed by atoms with Crippen LogP contribution >= 0.6 is 0 Å². The van der Waals surface area contributed by atoms with Gasteiger partial charge in [-0.25, -0.2) is 4.98 Å². The molecule has 0 radical (unpaired) electrons. The minimum atomic E-state index is -0.0203. The molecule has 2 rings (SSSR count). The molecule has 3 heteroatoms. The Morgan fingerprint density at radius 3 is 2.41 bits per heavy atom. The van der Waals surface area contributed by atoms with Crippen molar-refractivity contribution in [2.75, 3.05) is 18.0 Å². The Bertz CT molecular complexity index is 415. The SMILES string of the molecule is CC(C)(C)c1cc(N2CCCC2)cc(C=O)n1. The predicted octanol–water partition coefficient (Wildman–Crippen LogP) is 2.79. The van der Waals surface area contributed by atoms with E-state index in [1.165, 1.54) is 12.8 Å². The zero-order valence-corrected chi connectivity index (χ0v) is 10.9. The summed E-state index contributed by atoms with van der Waals surface area (Å²) in [6, 6.07) is 4.02. The first-order valence-corrected chi connectivity index (χ1v) is 6.23. The maximum Gasteiger partial charge on any atom is 0.168 e. The standard InChI is InChI=1S/C14H20N2O/c1-14(2,3)13-9-12(8-11(10-17)15-13)16-6-4-5-7-16/h8-10H,4-7H2,1-3H3. The van der Waals surface area contributed by atoms with E-state index in [1.807, 2.05) is 6.07 Å². The summed E-state index contributed by atoms with van der Waals surface area (Å²) in [7, 11) is 0. The number of hydrogen-bond acceptors (Lipinski definition) is 3. The molecule has 1 aromatic rings. The number of hydrogen-bond donors (Lipinski definition) is 0. The van der Waals surface area contributed by atoms with Crippen molar-refractivity contribution in [2.24, 2.45) is 0 Å².